The smallest absolute Gasteiger partial charge is 0.240 e. The Hall–Kier alpha value is -1.07. The number of aryl methyl sites for hydroxylation is 4. The molecule has 0 aliphatic heterocycles. The third-order valence-corrected chi connectivity index (χ3v) is 7.03. The van der Waals surface area contributed by atoms with Crippen molar-refractivity contribution in [1.82, 2.24) is 4.72 Å². The second kappa shape index (κ2) is 11.4. The quantitative estimate of drug-likeness (QED) is 0.608. The number of sulfonamides is 1. The molecule has 1 aliphatic rings. The molecule has 2 aromatic carbocycles. The predicted octanol–water partition coefficient (Wildman–Crippen LogP) is 4.46. The van der Waals surface area contributed by atoms with Crippen molar-refractivity contribution in [3.05, 3.63) is 64.2 Å². The Labute approximate surface area is 189 Å². The van der Waals surface area contributed by atoms with Crippen LogP contribution in [-0.4, -0.2) is 20.5 Å². The van der Waals surface area contributed by atoms with Gasteiger partial charge in [-0.2, -0.15) is 0 Å². The van der Waals surface area contributed by atoms with Gasteiger partial charge in [0.1, 0.15) is 0 Å². The largest absolute Gasteiger partial charge is 0.326 e. The molecular formula is C23H34N2O2RuS. The monoisotopic (exact) mass is 504 g/mol. The van der Waals surface area contributed by atoms with E-state index in [0.717, 1.165) is 31.2 Å². The number of benzene rings is 2. The molecule has 0 aromatic heterocycles. The van der Waals surface area contributed by atoms with Crippen LogP contribution < -0.4 is 10.5 Å². The Morgan fingerprint density at radius 3 is 1.90 bits per heavy atom. The number of nitrogens with one attached hydrogen (secondary N) is 1. The summed E-state index contributed by atoms with van der Waals surface area (Å²) >= 11 is 0. The van der Waals surface area contributed by atoms with Crippen molar-refractivity contribution in [2.45, 2.75) is 77.3 Å². The van der Waals surface area contributed by atoms with Crippen LogP contribution in [0.4, 0.5) is 0 Å². The summed E-state index contributed by atoms with van der Waals surface area (Å²) in [7, 11) is -3.44. The van der Waals surface area contributed by atoms with Gasteiger partial charge in [0.2, 0.25) is 10.0 Å². The van der Waals surface area contributed by atoms with Gasteiger partial charge in [0.05, 0.1) is 4.90 Å². The minimum atomic E-state index is -3.44. The summed E-state index contributed by atoms with van der Waals surface area (Å²) in [6.45, 7) is 10.6. The predicted molar refractivity (Wildman–Crippen MR) is 117 cm³/mol. The first kappa shape index (κ1) is 26.0. The topological polar surface area (TPSA) is 72.2 Å². The van der Waals surface area contributed by atoms with Gasteiger partial charge in [0, 0.05) is 31.6 Å². The molecular weight excluding hydrogens is 469 g/mol. The fraction of sp³-hybridized carbons (Fsp3) is 0.478. The first-order chi connectivity index (χ1) is 13.1. The zero-order chi connectivity index (χ0) is 20.9. The summed E-state index contributed by atoms with van der Waals surface area (Å²) in [6, 6.07) is 11.1. The molecule has 3 N–H and O–H groups in total. The van der Waals surface area contributed by atoms with Gasteiger partial charge in [-0.25, -0.2) is 13.1 Å². The van der Waals surface area contributed by atoms with Crippen molar-refractivity contribution in [1.29, 1.82) is 0 Å². The number of rotatable bonds is 3. The van der Waals surface area contributed by atoms with Gasteiger partial charge in [0.25, 0.3) is 0 Å². The van der Waals surface area contributed by atoms with Gasteiger partial charge < -0.3 is 5.73 Å². The van der Waals surface area contributed by atoms with E-state index in [0.29, 0.717) is 4.90 Å². The zero-order valence-electron chi connectivity index (χ0n) is 18.1. The minimum Gasteiger partial charge on any atom is -0.326 e. The molecule has 0 bridgehead atoms. The van der Waals surface area contributed by atoms with Crippen LogP contribution in [-0.2, 0) is 29.5 Å². The molecule has 162 valence electrons. The zero-order valence-corrected chi connectivity index (χ0v) is 20.7. The third kappa shape index (κ3) is 7.60. The Kier molecular flexibility index (Phi) is 10.2. The van der Waals surface area contributed by atoms with E-state index < -0.39 is 10.0 Å². The van der Waals surface area contributed by atoms with Gasteiger partial charge in [0.15, 0.2) is 0 Å². The van der Waals surface area contributed by atoms with Crippen molar-refractivity contribution >= 4 is 10.0 Å². The van der Waals surface area contributed by atoms with Crippen LogP contribution in [0.25, 0.3) is 0 Å². The molecule has 4 nitrogen and oxygen atoms in total. The molecule has 3 rings (SSSR count). The van der Waals surface area contributed by atoms with Crippen molar-refractivity contribution in [2.75, 3.05) is 0 Å². The van der Waals surface area contributed by atoms with E-state index >= 15 is 0 Å². The molecule has 2 aromatic rings. The van der Waals surface area contributed by atoms with Gasteiger partial charge in [-0.05, 0) is 76.3 Å². The molecule has 0 saturated heterocycles. The molecule has 0 radical (unpaired) electrons. The molecule has 0 spiro atoms. The maximum absolute atomic E-state index is 12.2. The molecule has 0 unspecified atom stereocenters. The SMILES string of the molecule is Cc1cc(C)c(C)c(C)c1.Cc1ccc(S(=O)(=O)N[C@@H]2CCCC[C@H]2N)cc1.[Ru]. The van der Waals surface area contributed by atoms with Crippen molar-refractivity contribution < 1.29 is 27.9 Å². The molecule has 1 saturated carbocycles. The van der Waals surface area contributed by atoms with Crippen LogP contribution >= 0.6 is 0 Å². The van der Waals surface area contributed by atoms with Crippen LogP contribution in [0, 0.1) is 34.6 Å². The van der Waals surface area contributed by atoms with Crippen molar-refractivity contribution in [3.8, 4) is 0 Å². The van der Waals surface area contributed by atoms with Crippen LogP contribution in [0.5, 0.6) is 0 Å². The molecule has 2 atom stereocenters. The minimum absolute atomic E-state index is 0. The molecule has 1 fully saturated rings. The van der Waals surface area contributed by atoms with Gasteiger partial charge in [-0.1, -0.05) is 48.2 Å². The third-order valence-electron chi connectivity index (χ3n) is 5.53. The van der Waals surface area contributed by atoms with E-state index in [-0.39, 0.29) is 31.6 Å². The molecule has 1 aliphatic carbocycles. The first-order valence-corrected chi connectivity index (χ1v) is 11.5. The number of hydrogen-bond acceptors (Lipinski definition) is 3. The Bertz CT molecular complexity index is 873. The average Bonchev–Trinajstić information content (AvgIpc) is 2.62. The second-order valence-corrected chi connectivity index (χ2v) is 9.73. The van der Waals surface area contributed by atoms with Crippen LogP contribution in [0.3, 0.4) is 0 Å². The summed E-state index contributed by atoms with van der Waals surface area (Å²) < 4.78 is 27.1. The summed E-state index contributed by atoms with van der Waals surface area (Å²) in [6.07, 6.45) is 3.84. The van der Waals surface area contributed by atoms with E-state index in [4.69, 9.17) is 5.73 Å². The number of hydrogen-bond donors (Lipinski definition) is 2. The van der Waals surface area contributed by atoms with Gasteiger partial charge in [-0.3, -0.25) is 0 Å². The summed E-state index contributed by atoms with van der Waals surface area (Å²) in [5, 5.41) is 0. The van der Waals surface area contributed by atoms with E-state index in [9.17, 15) is 8.42 Å². The van der Waals surface area contributed by atoms with Crippen molar-refractivity contribution in [2.24, 2.45) is 5.73 Å². The first-order valence-electron chi connectivity index (χ1n) is 9.99. The van der Waals surface area contributed by atoms with E-state index in [1.54, 1.807) is 24.3 Å². The van der Waals surface area contributed by atoms with E-state index in [1.165, 1.54) is 22.3 Å². The average molecular weight is 504 g/mol. The van der Waals surface area contributed by atoms with Crippen LogP contribution in [0.2, 0.25) is 0 Å². The number of nitrogens with two attached hydrogens (primary N) is 1. The van der Waals surface area contributed by atoms with Crippen LogP contribution in [0.15, 0.2) is 41.3 Å². The second-order valence-electron chi connectivity index (χ2n) is 8.01. The summed E-state index contributed by atoms with van der Waals surface area (Å²) in [5.41, 5.74) is 12.6. The maximum atomic E-state index is 12.2. The van der Waals surface area contributed by atoms with E-state index in [1.807, 2.05) is 6.92 Å². The standard InChI is InChI=1S/C13H20N2O2S.C10H14.Ru/c1-10-6-8-11(9-7-10)18(16,17)15-13-5-3-2-4-12(13)14;1-7-5-8(2)10(4)9(3)6-7;/h6-9,12-13,15H,2-5,14H2,1H3;5-6H,1-4H3;/t12-,13-;;/m1../s1. The Morgan fingerprint density at radius 1 is 0.862 bits per heavy atom. The maximum Gasteiger partial charge on any atom is 0.240 e. The molecule has 6 heteroatoms. The fourth-order valence-electron chi connectivity index (χ4n) is 3.54. The van der Waals surface area contributed by atoms with Gasteiger partial charge >= 0.3 is 0 Å². The van der Waals surface area contributed by atoms with Crippen molar-refractivity contribution in [3.63, 3.8) is 0 Å². The molecule has 0 heterocycles. The molecule has 29 heavy (non-hydrogen) atoms. The normalized spacial score (nSPS) is 19.0. The summed E-state index contributed by atoms with van der Waals surface area (Å²) in [5.74, 6) is 0. The Morgan fingerprint density at radius 2 is 1.38 bits per heavy atom. The summed E-state index contributed by atoms with van der Waals surface area (Å²) in [4.78, 5) is 0.311. The molecule has 0 amide bonds. The Balaban J connectivity index is 0.000000327. The van der Waals surface area contributed by atoms with Crippen LogP contribution in [0.1, 0.15) is 53.5 Å². The van der Waals surface area contributed by atoms with Gasteiger partial charge in [-0.15, -0.1) is 0 Å². The fourth-order valence-corrected chi connectivity index (χ4v) is 4.86. The van der Waals surface area contributed by atoms with E-state index in [2.05, 4.69) is 44.5 Å².